The van der Waals surface area contributed by atoms with Crippen molar-refractivity contribution in [3.8, 4) is 5.75 Å². The van der Waals surface area contributed by atoms with Gasteiger partial charge in [-0.1, -0.05) is 19.1 Å². The van der Waals surface area contributed by atoms with Crippen LogP contribution in [0.1, 0.15) is 30.0 Å². The van der Waals surface area contributed by atoms with E-state index in [-0.39, 0.29) is 17.2 Å². The van der Waals surface area contributed by atoms with Gasteiger partial charge in [-0.25, -0.2) is 4.98 Å². The van der Waals surface area contributed by atoms with Crippen LogP contribution in [-0.4, -0.2) is 77.0 Å². The standard InChI is InChI=1S/C20H29N7O2S/c1-3-17-24-20(30-25-17)27-13-11-26(12-14-27)19(21-4-2)23-10-9-22-18(29)15-7-5-6-8-16(15)28/h5-8,28H,3-4,9-14H2,1-2H3,(H,21,23)(H,22,29). The molecule has 2 heterocycles. The van der Waals surface area contributed by atoms with Gasteiger partial charge in [0.1, 0.15) is 11.6 Å². The second-order valence-corrected chi connectivity index (χ2v) is 7.56. The van der Waals surface area contributed by atoms with Gasteiger partial charge >= 0.3 is 0 Å². The van der Waals surface area contributed by atoms with Crippen LogP contribution in [0.5, 0.6) is 5.75 Å². The highest BCUT2D eigenvalue weighted by molar-refractivity contribution is 7.09. The number of carbonyl (C=O) groups is 1. The zero-order valence-electron chi connectivity index (χ0n) is 17.5. The summed E-state index contributed by atoms with van der Waals surface area (Å²) in [5, 5.41) is 16.9. The summed E-state index contributed by atoms with van der Waals surface area (Å²) in [6.45, 7) is 9.16. The van der Waals surface area contributed by atoms with Crippen LogP contribution in [0.4, 0.5) is 5.13 Å². The molecule has 0 radical (unpaired) electrons. The first-order valence-corrected chi connectivity index (χ1v) is 11.1. The highest BCUT2D eigenvalue weighted by atomic mass is 32.1. The van der Waals surface area contributed by atoms with Gasteiger partial charge in [-0.2, -0.15) is 4.37 Å². The number of anilines is 1. The van der Waals surface area contributed by atoms with Gasteiger partial charge < -0.3 is 25.5 Å². The fourth-order valence-corrected chi connectivity index (χ4v) is 3.95. The molecule has 9 nitrogen and oxygen atoms in total. The van der Waals surface area contributed by atoms with Crippen LogP contribution in [0, 0.1) is 0 Å². The van der Waals surface area contributed by atoms with Gasteiger partial charge in [0.2, 0.25) is 5.13 Å². The van der Waals surface area contributed by atoms with Crippen LogP contribution >= 0.6 is 11.5 Å². The van der Waals surface area contributed by atoms with E-state index in [0.717, 1.165) is 56.1 Å². The molecule has 1 saturated heterocycles. The molecule has 1 aliphatic rings. The molecule has 3 rings (SSSR count). The summed E-state index contributed by atoms with van der Waals surface area (Å²) in [7, 11) is 0. The smallest absolute Gasteiger partial charge is 0.255 e. The maximum absolute atomic E-state index is 12.2. The molecule has 1 aromatic heterocycles. The number of rotatable bonds is 7. The van der Waals surface area contributed by atoms with Crippen LogP contribution in [0.15, 0.2) is 29.3 Å². The Morgan fingerprint density at radius 1 is 1.20 bits per heavy atom. The minimum atomic E-state index is -0.301. The number of guanidine groups is 1. The lowest BCUT2D eigenvalue weighted by molar-refractivity contribution is 0.0952. The van der Waals surface area contributed by atoms with Crippen molar-refractivity contribution in [2.45, 2.75) is 20.3 Å². The van der Waals surface area contributed by atoms with E-state index >= 15 is 0 Å². The molecule has 162 valence electrons. The van der Waals surface area contributed by atoms with Crippen molar-refractivity contribution in [3.63, 3.8) is 0 Å². The van der Waals surface area contributed by atoms with Crippen LogP contribution in [-0.2, 0) is 6.42 Å². The third kappa shape index (κ3) is 5.59. The van der Waals surface area contributed by atoms with Gasteiger partial charge in [-0.15, -0.1) is 0 Å². The van der Waals surface area contributed by atoms with Crippen molar-refractivity contribution in [1.82, 2.24) is 24.9 Å². The zero-order chi connectivity index (χ0) is 21.3. The highest BCUT2D eigenvalue weighted by Crippen LogP contribution is 2.19. The van der Waals surface area contributed by atoms with E-state index in [1.807, 2.05) is 6.92 Å². The first-order valence-electron chi connectivity index (χ1n) is 10.3. The number of aliphatic imine (C=N–C) groups is 1. The summed E-state index contributed by atoms with van der Waals surface area (Å²) in [6.07, 6.45) is 0.855. The Kier molecular flexibility index (Phi) is 7.83. The first-order chi connectivity index (χ1) is 14.6. The topological polar surface area (TPSA) is 106 Å². The average molecular weight is 432 g/mol. The van der Waals surface area contributed by atoms with E-state index in [9.17, 15) is 9.90 Å². The Morgan fingerprint density at radius 2 is 1.97 bits per heavy atom. The largest absolute Gasteiger partial charge is 0.507 e. The number of nitrogens with zero attached hydrogens (tertiary/aromatic N) is 5. The minimum Gasteiger partial charge on any atom is -0.507 e. The van der Waals surface area contributed by atoms with Gasteiger partial charge in [0.25, 0.3) is 5.91 Å². The Labute approximate surface area is 181 Å². The number of aromatic hydroxyl groups is 1. The van der Waals surface area contributed by atoms with Crippen molar-refractivity contribution in [3.05, 3.63) is 35.7 Å². The molecule has 0 atom stereocenters. The summed E-state index contributed by atoms with van der Waals surface area (Å²) >= 11 is 1.46. The van der Waals surface area contributed by atoms with E-state index < -0.39 is 0 Å². The predicted octanol–water partition coefficient (Wildman–Crippen LogP) is 1.32. The summed E-state index contributed by atoms with van der Waals surface area (Å²) in [4.78, 5) is 25.9. The number of nitrogens with one attached hydrogen (secondary N) is 2. The number of piperazine rings is 1. The Hall–Kier alpha value is -2.88. The summed E-state index contributed by atoms with van der Waals surface area (Å²) in [5.74, 6) is 1.43. The fourth-order valence-electron chi connectivity index (χ4n) is 3.14. The molecule has 30 heavy (non-hydrogen) atoms. The molecule has 1 aliphatic heterocycles. The second-order valence-electron chi connectivity index (χ2n) is 6.83. The Morgan fingerprint density at radius 3 is 2.63 bits per heavy atom. The maximum atomic E-state index is 12.2. The summed E-state index contributed by atoms with van der Waals surface area (Å²) in [5.41, 5.74) is 0.271. The molecule has 3 N–H and O–H groups in total. The van der Waals surface area contributed by atoms with Crippen LogP contribution in [0.2, 0.25) is 0 Å². The number of carbonyl (C=O) groups excluding carboxylic acids is 1. The van der Waals surface area contributed by atoms with Gasteiger partial charge in [-0.3, -0.25) is 9.79 Å². The molecular formula is C20H29N7O2S. The van der Waals surface area contributed by atoms with Crippen LogP contribution < -0.4 is 15.5 Å². The number of hydrogen-bond acceptors (Lipinski definition) is 7. The predicted molar refractivity (Wildman–Crippen MR) is 119 cm³/mol. The van der Waals surface area contributed by atoms with Crippen molar-refractivity contribution >= 4 is 28.5 Å². The molecule has 0 unspecified atom stereocenters. The molecule has 0 bridgehead atoms. The molecule has 10 heteroatoms. The molecule has 1 amide bonds. The fraction of sp³-hybridized carbons (Fsp3) is 0.500. The number of phenols is 1. The number of aryl methyl sites for hydroxylation is 1. The lowest BCUT2D eigenvalue weighted by Crippen LogP contribution is -2.52. The molecule has 0 saturated carbocycles. The number of phenolic OH excluding ortho intramolecular Hbond substituents is 1. The maximum Gasteiger partial charge on any atom is 0.255 e. The number of hydrogen-bond donors (Lipinski definition) is 3. The Balaban J connectivity index is 1.49. The number of aromatic nitrogens is 2. The zero-order valence-corrected chi connectivity index (χ0v) is 18.3. The molecule has 1 aromatic carbocycles. The second kappa shape index (κ2) is 10.8. The normalized spacial score (nSPS) is 14.7. The van der Waals surface area contributed by atoms with E-state index in [1.54, 1.807) is 18.2 Å². The Bertz CT molecular complexity index is 862. The molecule has 2 aromatic rings. The third-order valence-corrected chi connectivity index (χ3v) is 5.58. The van der Waals surface area contributed by atoms with Crippen LogP contribution in [0.3, 0.4) is 0 Å². The van der Waals surface area contributed by atoms with Crippen molar-refractivity contribution < 1.29 is 9.90 Å². The number of para-hydroxylation sites is 1. The first kappa shape index (κ1) is 21.8. The van der Waals surface area contributed by atoms with Gasteiger partial charge in [-0.05, 0) is 19.1 Å². The van der Waals surface area contributed by atoms with E-state index in [1.165, 1.54) is 17.6 Å². The van der Waals surface area contributed by atoms with Gasteiger partial charge in [0, 0.05) is 57.2 Å². The molecule has 0 spiro atoms. The minimum absolute atomic E-state index is 0.0220. The number of amides is 1. The third-order valence-electron chi connectivity index (χ3n) is 4.77. The lowest BCUT2D eigenvalue weighted by atomic mass is 10.2. The van der Waals surface area contributed by atoms with Gasteiger partial charge in [0.15, 0.2) is 5.96 Å². The molecule has 1 fully saturated rings. The summed E-state index contributed by atoms with van der Waals surface area (Å²) < 4.78 is 4.37. The molecule has 0 aliphatic carbocycles. The SMILES string of the molecule is CCNC(=NCCNC(=O)c1ccccc1O)N1CCN(c2nc(CC)ns2)CC1. The van der Waals surface area contributed by atoms with Crippen molar-refractivity contribution in [1.29, 1.82) is 0 Å². The van der Waals surface area contributed by atoms with Gasteiger partial charge in [0.05, 0.1) is 12.1 Å². The van der Waals surface area contributed by atoms with E-state index in [0.29, 0.717) is 13.1 Å². The molecular weight excluding hydrogens is 402 g/mol. The quantitative estimate of drug-likeness (QED) is 0.345. The summed E-state index contributed by atoms with van der Waals surface area (Å²) in [6, 6.07) is 6.51. The average Bonchev–Trinajstić information content (AvgIpc) is 3.25. The van der Waals surface area contributed by atoms with Crippen molar-refractivity contribution in [2.75, 3.05) is 50.7 Å². The van der Waals surface area contributed by atoms with E-state index in [4.69, 9.17) is 0 Å². The van der Waals surface area contributed by atoms with E-state index in [2.05, 4.69) is 41.7 Å². The monoisotopic (exact) mass is 431 g/mol. The highest BCUT2D eigenvalue weighted by Gasteiger charge is 2.22. The lowest BCUT2D eigenvalue weighted by Gasteiger charge is -2.36. The van der Waals surface area contributed by atoms with Crippen molar-refractivity contribution in [2.24, 2.45) is 4.99 Å². The van der Waals surface area contributed by atoms with Crippen LogP contribution in [0.25, 0.3) is 0 Å². The number of benzene rings is 1.